The molecule has 2 aliphatic rings. The Morgan fingerprint density at radius 2 is 2.35 bits per heavy atom. The highest BCUT2D eigenvalue weighted by molar-refractivity contribution is 8.03. The van der Waals surface area contributed by atoms with Crippen LogP contribution in [0.15, 0.2) is 23.1 Å². The van der Waals surface area contributed by atoms with E-state index in [4.69, 9.17) is 9.47 Å². The molecule has 2 rings (SSSR count). The van der Waals surface area contributed by atoms with E-state index in [0.29, 0.717) is 0 Å². The van der Waals surface area contributed by atoms with Crippen molar-refractivity contribution in [3.63, 3.8) is 0 Å². The van der Waals surface area contributed by atoms with Gasteiger partial charge in [-0.15, -0.1) is 11.8 Å². The molecule has 3 nitrogen and oxygen atoms in total. The van der Waals surface area contributed by atoms with Gasteiger partial charge in [0, 0.05) is 11.5 Å². The van der Waals surface area contributed by atoms with E-state index in [2.05, 4.69) is 25.2 Å². The van der Waals surface area contributed by atoms with Gasteiger partial charge < -0.3 is 14.6 Å². The molecular weight excluding hydrogens is 272 g/mol. The second-order valence-electron chi connectivity index (χ2n) is 5.57. The molecule has 0 aliphatic carbocycles. The standard InChI is InChI=1S/C16H26O3S/c1-3-20-14-8-5-11-18-13(14)7-4-10-16(2)15(17)9-6-12-19-16/h4,7-8,13,15,17H,3,5-6,9-12H2,1-2H3/b7-4-/t13-,15-,16+/m1/s1. The smallest absolute Gasteiger partial charge is 0.106 e. The number of aliphatic hydroxyl groups excluding tert-OH is 1. The fourth-order valence-corrected chi connectivity index (χ4v) is 3.54. The van der Waals surface area contributed by atoms with Gasteiger partial charge in [0.1, 0.15) is 6.10 Å². The average molecular weight is 298 g/mol. The van der Waals surface area contributed by atoms with Crippen LogP contribution in [0, 0.1) is 0 Å². The number of ether oxygens (including phenoxy) is 2. The minimum atomic E-state index is -0.439. The summed E-state index contributed by atoms with van der Waals surface area (Å²) >= 11 is 1.85. The largest absolute Gasteiger partial charge is 0.390 e. The molecule has 0 saturated carbocycles. The molecule has 0 amide bonds. The van der Waals surface area contributed by atoms with Crippen LogP contribution >= 0.6 is 11.8 Å². The molecule has 0 unspecified atom stereocenters. The van der Waals surface area contributed by atoms with E-state index in [9.17, 15) is 5.11 Å². The van der Waals surface area contributed by atoms with Crippen LogP contribution in [-0.4, -0.2) is 41.9 Å². The van der Waals surface area contributed by atoms with Crippen molar-refractivity contribution in [2.75, 3.05) is 19.0 Å². The molecule has 1 saturated heterocycles. The molecule has 0 spiro atoms. The third-order valence-corrected chi connectivity index (χ3v) is 4.97. The molecule has 114 valence electrons. The Morgan fingerprint density at radius 1 is 1.50 bits per heavy atom. The van der Waals surface area contributed by atoms with Crippen molar-refractivity contribution in [1.29, 1.82) is 0 Å². The maximum atomic E-state index is 10.1. The number of aliphatic hydroxyl groups is 1. The van der Waals surface area contributed by atoms with Gasteiger partial charge in [-0.3, -0.25) is 0 Å². The van der Waals surface area contributed by atoms with Gasteiger partial charge in [0.25, 0.3) is 0 Å². The summed E-state index contributed by atoms with van der Waals surface area (Å²) in [7, 11) is 0. The van der Waals surface area contributed by atoms with E-state index >= 15 is 0 Å². The maximum absolute atomic E-state index is 10.1. The second-order valence-corrected chi connectivity index (χ2v) is 6.91. The summed E-state index contributed by atoms with van der Waals surface area (Å²) in [6.07, 6.45) is 9.74. The van der Waals surface area contributed by atoms with Crippen molar-refractivity contribution in [2.45, 2.75) is 57.3 Å². The molecule has 0 radical (unpaired) electrons. The molecule has 1 fully saturated rings. The van der Waals surface area contributed by atoms with Crippen molar-refractivity contribution in [1.82, 2.24) is 0 Å². The lowest BCUT2D eigenvalue weighted by atomic mass is 9.89. The van der Waals surface area contributed by atoms with Crippen LogP contribution in [0.4, 0.5) is 0 Å². The van der Waals surface area contributed by atoms with Gasteiger partial charge in [0.2, 0.25) is 0 Å². The Hall–Kier alpha value is -0.290. The first-order valence-electron chi connectivity index (χ1n) is 7.59. The summed E-state index contributed by atoms with van der Waals surface area (Å²) in [6.45, 7) is 5.70. The van der Waals surface area contributed by atoms with Crippen LogP contribution in [0.3, 0.4) is 0 Å². The SMILES string of the molecule is CCSC1=CCCO[C@@H]1/C=C\C[C@]1(C)OCCC[C@H]1O. The van der Waals surface area contributed by atoms with Crippen LogP contribution in [0.25, 0.3) is 0 Å². The first-order valence-corrected chi connectivity index (χ1v) is 8.57. The van der Waals surface area contributed by atoms with Gasteiger partial charge in [0.05, 0.1) is 18.3 Å². The van der Waals surface area contributed by atoms with Gasteiger partial charge in [0.15, 0.2) is 0 Å². The topological polar surface area (TPSA) is 38.7 Å². The van der Waals surface area contributed by atoms with Crippen molar-refractivity contribution < 1.29 is 14.6 Å². The lowest BCUT2D eigenvalue weighted by Gasteiger charge is -2.37. The average Bonchev–Trinajstić information content (AvgIpc) is 2.45. The highest BCUT2D eigenvalue weighted by atomic mass is 32.2. The fraction of sp³-hybridized carbons (Fsp3) is 0.750. The fourth-order valence-electron chi connectivity index (χ4n) is 2.66. The van der Waals surface area contributed by atoms with Gasteiger partial charge >= 0.3 is 0 Å². The zero-order valence-electron chi connectivity index (χ0n) is 12.5. The monoisotopic (exact) mass is 298 g/mol. The minimum Gasteiger partial charge on any atom is -0.390 e. The molecule has 0 aromatic carbocycles. The summed E-state index contributed by atoms with van der Waals surface area (Å²) < 4.78 is 11.6. The van der Waals surface area contributed by atoms with E-state index < -0.39 is 5.60 Å². The Kier molecular flexibility index (Phi) is 6.15. The predicted molar refractivity (Wildman–Crippen MR) is 83.9 cm³/mol. The quantitative estimate of drug-likeness (QED) is 0.791. The lowest BCUT2D eigenvalue weighted by molar-refractivity contribution is -0.141. The Balaban J connectivity index is 1.91. The minimum absolute atomic E-state index is 0.0815. The van der Waals surface area contributed by atoms with Crippen molar-refractivity contribution >= 4 is 11.8 Å². The van der Waals surface area contributed by atoms with Gasteiger partial charge in [-0.25, -0.2) is 0 Å². The van der Waals surface area contributed by atoms with Crippen molar-refractivity contribution in [2.24, 2.45) is 0 Å². The summed E-state index contributed by atoms with van der Waals surface area (Å²) in [6, 6.07) is 0. The van der Waals surface area contributed by atoms with E-state index in [1.807, 2.05) is 18.7 Å². The zero-order valence-corrected chi connectivity index (χ0v) is 13.3. The molecule has 0 bridgehead atoms. The summed E-state index contributed by atoms with van der Waals surface area (Å²) in [5.74, 6) is 1.07. The number of thioether (sulfide) groups is 1. The third kappa shape index (κ3) is 4.10. The Morgan fingerprint density at radius 3 is 3.10 bits per heavy atom. The molecule has 2 heterocycles. The number of hydrogen-bond acceptors (Lipinski definition) is 4. The first kappa shape index (κ1) is 16.1. The predicted octanol–water partition coefficient (Wildman–Crippen LogP) is 3.29. The molecule has 3 atom stereocenters. The van der Waals surface area contributed by atoms with E-state index in [1.165, 1.54) is 4.91 Å². The summed E-state index contributed by atoms with van der Waals surface area (Å²) in [5, 5.41) is 10.1. The van der Waals surface area contributed by atoms with Gasteiger partial charge in [-0.1, -0.05) is 25.2 Å². The van der Waals surface area contributed by atoms with Crippen LogP contribution in [0.2, 0.25) is 0 Å². The van der Waals surface area contributed by atoms with Crippen LogP contribution in [-0.2, 0) is 9.47 Å². The van der Waals surface area contributed by atoms with E-state index in [-0.39, 0.29) is 12.2 Å². The highest BCUT2D eigenvalue weighted by Crippen LogP contribution is 2.30. The molecule has 0 aromatic rings. The molecule has 20 heavy (non-hydrogen) atoms. The lowest BCUT2D eigenvalue weighted by Crippen LogP contribution is -2.45. The number of hydrogen-bond donors (Lipinski definition) is 1. The molecule has 0 aromatic heterocycles. The van der Waals surface area contributed by atoms with Gasteiger partial charge in [-0.05, 0) is 38.4 Å². The first-order chi connectivity index (χ1) is 9.65. The van der Waals surface area contributed by atoms with Crippen LogP contribution in [0.1, 0.15) is 39.5 Å². The number of rotatable bonds is 5. The van der Waals surface area contributed by atoms with E-state index in [1.54, 1.807) is 0 Å². The summed E-state index contributed by atoms with van der Waals surface area (Å²) in [4.78, 5) is 1.31. The summed E-state index contributed by atoms with van der Waals surface area (Å²) in [5.41, 5.74) is -0.439. The normalized spacial score (nSPS) is 35.2. The molecule has 4 heteroatoms. The third-order valence-electron chi connectivity index (χ3n) is 3.94. The van der Waals surface area contributed by atoms with Crippen LogP contribution in [0.5, 0.6) is 0 Å². The Labute approximate surface area is 126 Å². The molecule has 2 aliphatic heterocycles. The van der Waals surface area contributed by atoms with E-state index in [0.717, 1.165) is 44.6 Å². The van der Waals surface area contributed by atoms with Crippen LogP contribution < -0.4 is 0 Å². The Bertz CT molecular complexity index is 367. The maximum Gasteiger partial charge on any atom is 0.106 e. The van der Waals surface area contributed by atoms with Gasteiger partial charge in [-0.2, -0.15) is 0 Å². The zero-order chi connectivity index (χ0) is 14.4. The van der Waals surface area contributed by atoms with Crippen molar-refractivity contribution in [3.8, 4) is 0 Å². The molecule has 1 N–H and O–H groups in total. The second kappa shape index (κ2) is 7.64. The molecular formula is C16H26O3S. The van der Waals surface area contributed by atoms with Crippen molar-refractivity contribution in [3.05, 3.63) is 23.1 Å². The highest BCUT2D eigenvalue weighted by Gasteiger charge is 2.35.